The SMILES string of the molecule is Cc1ccc(S(=O)CCC(=O)NC2CC2)c(N)c1. The molecule has 1 fully saturated rings. The first kappa shape index (κ1) is 13.1. The van der Waals surface area contributed by atoms with Gasteiger partial charge < -0.3 is 11.1 Å². The quantitative estimate of drug-likeness (QED) is 0.790. The second-order valence-electron chi connectivity index (χ2n) is 4.68. The molecule has 3 N–H and O–H groups in total. The molecule has 1 aromatic rings. The van der Waals surface area contributed by atoms with Gasteiger partial charge in [0.15, 0.2) is 0 Å². The fourth-order valence-corrected chi connectivity index (χ4v) is 2.83. The van der Waals surface area contributed by atoms with Crippen molar-refractivity contribution in [2.75, 3.05) is 11.5 Å². The molecule has 0 aromatic heterocycles. The molecule has 18 heavy (non-hydrogen) atoms. The molecule has 0 heterocycles. The topological polar surface area (TPSA) is 72.2 Å². The summed E-state index contributed by atoms with van der Waals surface area (Å²) < 4.78 is 12.0. The summed E-state index contributed by atoms with van der Waals surface area (Å²) in [6.45, 7) is 1.94. The number of carbonyl (C=O) groups is 1. The Morgan fingerprint density at radius 1 is 1.50 bits per heavy atom. The molecule has 0 radical (unpaired) electrons. The predicted octanol–water partition coefficient (Wildman–Crippen LogP) is 1.35. The van der Waals surface area contributed by atoms with Gasteiger partial charge in [-0.2, -0.15) is 0 Å². The maximum Gasteiger partial charge on any atom is 0.221 e. The molecule has 1 saturated carbocycles. The van der Waals surface area contributed by atoms with E-state index in [-0.39, 0.29) is 12.3 Å². The zero-order valence-corrected chi connectivity index (χ0v) is 11.3. The van der Waals surface area contributed by atoms with Crippen LogP contribution in [0, 0.1) is 6.92 Å². The van der Waals surface area contributed by atoms with Crippen molar-refractivity contribution in [1.29, 1.82) is 0 Å². The molecule has 4 nitrogen and oxygen atoms in total. The van der Waals surface area contributed by atoms with E-state index in [1.807, 2.05) is 13.0 Å². The van der Waals surface area contributed by atoms with E-state index < -0.39 is 10.8 Å². The van der Waals surface area contributed by atoms with Crippen LogP contribution in [-0.4, -0.2) is 21.9 Å². The number of nitrogens with two attached hydrogens (primary N) is 1. The smallest absolute Gasteiger partial charge is 0.221 e. The van der Waals surface area contributed by atoms with Gasteiger partial charge in [0, 0.05) is 23.9 Å². The lowest BCUT2D eigenvalue weighted by molar-refractivity contribution is -0.120. The third-order valence-electron chi connectivity index (χ3n) is 2.87. The van der Waals surface area contributed by atoms with Crippen molar-refractivity contribution in [3.05, 3.63) is 23.8 Å². The van der Waals surface area contributed by atoms with Gasteiger partial charge in [-0.05, 0) is 37.5 Å². The van der Waals surface area contributed by atoms with E-state index in [1.165, 1.54) is 0 Å². The van der Waals surface area contributed by atoms with Crippen LogP contribution >= 0.6 is 0 Å². The predicted molar refractivity (Wildman–Crippen MR) is 72.6 cm³/mol. The summed E-state index contributed by atoms with van der Waals surface area (Å²) in [7, 11) is -1.20. The highest BCUT2D eigenvalue weighted by Crippen LogP contribution is 2.20. The second kappa shape index (κ2) is 5.52. The molecule has 1 unspecified atom stereocenters. The zero-order valence-electron chi connectivity index (χ0n) is 10.4. The first-order chi connectivity index (χ1) is 8.56. The molecule has 0 spiro atoms. The number of nitrogens with one attached hydrogen (secondary N) is 1. The lowest BCUT2D eigenvalue weighted by Gasteiger charge is -2.07. The van der Waals surface area contributed by atoms with Gasteiger partial charge in [0.05, 0.1) is 15.7 Å². The van der Waals surface area contributed by atoms with Crippen LogP contribution in [0.25, 0.3) is 0 Å². The number of aryl methyl sites for hydroxylation is 1. The summed E-state index contributed by atoms with van der Waals surface area (Å²) in [6.07, 6.45) is 2.43. The third-order valence-corrected chi connectivity index (χ3v) is 4.30. The van der Waals surface area contributed by atoms with Crippen LogP contribution in [0.1, 0.15) is 24.8 Å². The van der Waals surface area contributed by atoms with Crippen molar-refractivity contribution in [1.82, 2.24) is 5.32 Å². The second-order valence-corrected chi connectivity index (χ2v) is 6.22. The molecular weight excluding hydrogens is 248 g/mol. The lowest BCUT2D eigenvalue weighted by Crippen LogP contribution is -2.26. The third kappa shape index (κ3) is 3.57. The molecule has 1 amide bonds. The maximum absolute atomic E-state index is 12.0. The number of nitrogen functional groups attached to an aromatic ring is 1. The van der Waals surface area contributed by atoms with Gasteiger partial charge in [0.1, 0.15) is 0 Å². The summed E-state index contributed by atoms with van der Waals surface area (Å²) >= 11 is 0. The molecule has 1 atom stereocenters. The fraction of sp³-hybridized carbons (Fsp3) is 0.462. The Hall–Kier alpha value is -1.36. The minimum Gasteiger partial charge on any atom is -0.398 e. The number of carbonyl (C=O) groups excluding carboxylic acids is 1. The minimum absolute atomic E-state index is 0.0171. The van der Waals surface area contributed by atoms with E-state index in [0.717, 1.165) is 18.4 Å². The number of amides is 1. The highest BCUT2D eigenvalue weighted by atomic mass is 32.2. The van der Waals surface area contributed by atoms with Gasteiger partial charge in [-0.15, -0.1) is 0 Å². The van der Waals surface area contributed by atoms with Gasteiger partial charge in [0.25, 0.3) is 0 Å². The van der Waals surface area contributed by atoms with Gasteiger partial charge in [-0.25, -0.2) is 0 Å². The molecule has 1 aliphatic carbocycles. The van der Waals surface area contributed by atoms with Crippen LogP contribution in [0.15, 0.2) is 23.1 Å². The Bertz CT molecular complexity index is 484. The van der Waals surface area contributed by atoms with Gasteiger partial charge >= 0.3 is 0 Å². The summed E-state index contributed by atoms with van der Waals surface area (Å²) in [5, 5.41) is 2.88. The maximum atomic E-state index is 12.0. The largest absolute Gasteiger partial charge is 0.398 e. The van der Waals surface area contributed by atoms with Gasteiger partial charge in [-0.1, -0.05) is 6.07 Å². The van der Waals surface area contributed by atoms with Crippen LogP contribution in [0.2, 0.25) is 0 Å². The summed E-state index contributed by atoms with van der Waals surface area (Å²) in [5.74, 6) is 0.308. The molecule has 0 saturated heterocycles. The molecule has 98 valence electrons. The zero-order chi connectivity index (χ0) is 13.1. The van der Waals surface area contributed by atoms with Crippen LogP contribution in [0.4, 0.5) is 5.69 Å². The first-order valence-electron chi connectivity index (χ1n) is 6.10. The van der Waals surface area contributed by atoms with E-state index in [9.17, 15) is 9.00 Å². The molecular formula is C13H18N2O2S. The van der Waals surface area contributed by atoms with Crippen molar-refractivity contribution in [2.24, 2.45) is 0 Å². The van der Waals surface area contributed by atoms with Crippen molar-refractivity contribution >= 4 is 22.4 Å². The number of rotatable bonds is 5. The van der Waals surface area contributed by atoms with Gasteiger partial charge in [-0.3, -0.25) is 9.00 Å². The number of benzene rings is 1. The Labute approximate surface area is 109 Å². The van der Waals surface area contributed by atoms with Crippen LogP contribution in [0.5, 0.6) is 0 Å². The van der Waals surface area contributed by atoms with Crippen molar-refractivity contribution in [3.63, 3.8) is 0 Å². The highest BCUT2D eigenvalue weighted by Gasteiger charge is 2.23. The fourth-order valence-electron chi connectivity index (χ4n) is 1.70. The summed E-state index contributed by atoms with van der Waals surface area (Å²) in [6, 6.07) is 5.82. The van der Waals surface area contributed by atoms with Crippen LogP contribution < -0.4 is 11.1 Å². The van der Waals surface area contributed by atoms with E-state index in [1.54, 1.807) is 12.1 Å². The number of hydrogen-bond donors (Lipinski definition) is 2. The van der Waals surface area contributed by atoms with Gasteiger partial charge in [0.2, 0.25) is 5.91 Å². The summed E-state index contributed by atoms with van der Waals surface area (Å²) in [5.41, 5.74) is 7.41. The average Bonchev–Trinajstić information content (AvgIpc) is 3.10. The lowest BCUT2D eigenvalue weighted by atomic mass is 10.2. The normalized spacial score (nSPS) is 16.3. The Balaban J connectivity index is 1.88. The molecule has 0 aliphatic heterocycles. The molecule has 1 aromatic carbocycles. The molecule has 1 aliphatic rings. The van der Waals surface area contributed by atoms with Crippen molar-refractivity contribution < 1.29 is 9.00 Å². The summed E-state index contributed by atoms with van der Waals surface area (Å²) in [4.78, 5) is 12.1. The average molecular weight is 266 g/mol. The number of anilines is 1. The van der Waals surface area contributed by atoms with Crippen molar-refractivity contribution in [3.8, 4) is 0 Å². The molecule has 0 bridgehead atoms. The highest BCUT2D eigenvalue weighted by molar-refractivity contribution is 7.85. The first-order valence-corrected chi connectivity index (χ1v) is 7.42. The molecule has 2 rings (SSSR count). The van der Waals surface area contributed by atoms with E-state index >= 15 is 0 Å². The molecule has 5 heteroatoms. The number of hydrogen-bond acceptors (Lipinski definition) is 3. The standard InChI is InChI=1S/C13H18N2O2S/c1-9-2-5-12(11(14)8-9)18(17)7-6-13(16)15-10-3-4-10/h2,5,8,10H,3-4,6-7,14H2,1H3,(H,15,16). The Morgan fingerprint density at radius 2 is 2.22 bits per heavy atom. The monoisotopic (exact) mass is 266 g/mol. The Morgan fingerprint density at radius 3 is 2.83 bits per heavy atom. The minimum atomic E-state index is -1.20. The van der Waals surface area contributed by atoms with E-state index in [4.69, 9.17) is 5.73 Å². The van der Waals surface area contributed by atoms with E-state index in [2.05, 4.69) is 5.32 Å². The van der Waals surface area contributed by atoms with Crippen molar-refractivity contribution in [2.45, 2.75) is 37.1 Å². The van der Waals surface area contributed by atoms with Crippen LogP contribution in [-0.2, 0) is 15.6 Å². The van der Waals surface area contributed by atoms with Crippen LogP contribution in [0.3, 0.4) is 0 Å². The van der Waals surface area contributed by atoms with E-state index in [0.29, 0.717) is 22.4 Å². The Kier molecular flexibility index (Phi) is 4.01.